The molecule has 1 aromatic carbocycles. The zero-order valence-electron chi connectivity index (χ0n) is 18.9. The predicted molar refractivity (Wildman–Crippen MR) is 119 cm³/mol. The molecule has 9 nitrogen and oxygen atoms in total. The van der Waals surface area contributed by atoms with Crippen LogP contribution in [0, 0.1) is 12.8 Å². The number of likely N-dealkylation sites (tertiary alicyclic amines) is 1. The van der Waals surface area contributed by atoms with Gasteiger partial charge in [0.1, 0.15) is 0 Å². The van der Waals surface area contributed by atoms with E-state index in [9.17, 15) is 19.2 Å². The van der Waals surface area contributed by atoms with Crippen molar-refractivity contribution in [1.29, 1.82) is 0 Å². The van der Waals surface area contributed by atoms with Crippen LogP contribution in [0.25, 0.3) is 10.9 Å². The Bertz CT molecular complexity index is 1060. The van der Waals surface area contributed by atoms with Crippen LogP contribution in [0.5, 0.6) is 0 Å². The molecule has 32 heavy (non-hydrogen) atoms. The molecule has 0 unspecified atom stereocenters. The highest BCUT2D eigenvalue weighted by atomic mass is 16.5. The van der Waals surface area contributed by atoms with Crippen LogP contribution in [-0.2, 0) is 25.7 Å². The van der Waals surface area contributed by atoms with Gasteiger partial charge in [0.2, 0.25) is 11.8 Å². The van der Waals surface area contributed by atoms with Gasteiger partial charge in [-0.25, -0.2) is 4.98 Å². The first-order valence-electron chi connectivity index (χ1n) is 10.9. The van der Waals surface area contributed by atoms with E-state index in [0.29, 0.717) is 43.4 Å². The van der Waals surface area contributed by atoms with E-state index in [0.717, 1.165) is 5.56 Å². The Hall–Kier alpha value is -3.23. The Labute approximate surface area is 187 Å². The van der Waals surface area contributed by atoms with Crippen LogP contribution in [0.4, 0.5) is 0 Å². The van der Waals surface area contributed by atoms with Crippen LogP contribution < -0.4 is 5.56 Å². The number of rotatable bonds is 7. The van der Waals surface area contributed by atoms with Crippen molar-refractivity contribution in [3.05, 3.63) is 40.4 Å². The lowest BCUT2D eigenvalue weighted by Crippen LogP contribution is -2.45. The number of hydrogen-bond acceptors (Lipinski definition) is 6. The van der Waals surface area contributed by atoms with Gasteiger partial charge in [-0.3, -0.25) is 23.7 Å². The zero-order chi connectivity index (χ0) is 23.3. The molecular weight excluding hydrogens is 412 g/mol. The lowest BCUT2D eigenvalue weighted by Gasteiger charge is -2.32. The van der Waals surface area contributed by atoms with Crippen molar-refractivity contribution in [3.63, 3.8) is 0 Å². The first-order chi connectivity index (χ1) is 15.3. The van der Waals surface area contributed by atoms with Crippen LogP contribution in [-0.4, -0.2) is 70.4 Å². The highest BCUT2D eigenvalue weighted by Crippen LogP contribution is 2.19. The molecule has 0 saturated carbocycles. The lowest BCUT2D eigenvalue weighted by molar-refractivity contribution is -0.151. The first-order valence-corrected chi connectivity index (χ1v) is 10.9. The number of aryl methyl sites for hydroxylation is 2. The van der Waals surface area contributed by atoms with E-state index >= 15 is 0 Å². The number of likely N-dealkylation sites (N-methyl/N-ethyl adjacent to an activating group) is 1. The van der Waals surface area contributed by atoms with Crippen molar-refractivity contribution in [2.45, 2.75) is 39.7 Å². The maximum absolute atomic E-state index is 12.7. The third-order valence-corrected chi connectivity index (χ3v) is 5.89. The van der Waals surface area contributed by atoms with Gasteiger partial charge in [0.25, 0.3) is 5.56 Å². The Kier molecular flexibility index (Phi) is 7.61. The Morgan fingerprint density at radius 1 is 1.22 bits per heavy atom. The molecule has 0 radical (unpaired) electrons. The van der Waals surface area contributed by atoms with Crippen molar-refractivity contribution < 1.29 is 19.1 Å². The van der Waals surface area contributed by atoms with E-state index in [2.05, 4.69) is 4.98 Å². The molecule has 0 N–H and O–H groups in total. The Morgan fingerprint density at radius 2 is 1.94 bits per heavy atom. The highest BCUT2D eigenvalue weighted by Gasteiger charge is 2.28. The van der Waals surface area contributed by atoms with Crippen molar-refractivity contribution in [2.75, 3.05) is 33.3 Å². The third-order valence-electron chi connectivity index (χ3n) is 5.89. The number of ether oxygens (including phenoxy) is 1. The van der Waals surface area contributed by atoms with E-state index in [4.69, 9.17) is 4.74 Å². The number of esters is 1. The number of aromatic nitrogens is 2. The minimum absolute atomic E-state index is 0.0348. The minimum Gasteiger partial charge on any atom is -0.466 e. The van der Waals surface area contributed by atoms with Gasteiger partial charge in [-0.05, 0) is 38.3 Å². The number of nitrogens with zero attached hydrogens (tertiary/aromatic N) is 4. The molecular formula is C23H30N4O5. The molecule has 1 aliphatic rings. The monoisotopic (exact) mass is 442 g/mol. The average molecular weight is 443 g/mol. The number of benzene rings is 1. The first kappa shape index (κ1) is 23.4. The highest BCUT2D eigenvalue weighted by molar-refractivity contribution is 5.85. The second-order valence-corrected chi connectivity index (χ2v) is 8.12. The van der Waals surface area contributed by atoms with Gasteiger partial charge in [0.15, 0.2) is 0 Å². The Balaban J connectivity index is 1.51. The summed E-state index contributed by atoms with van der Waals surface area (Å²) in [5, 5.41) is 0.523. The van der Waals surface area contributed by atoms with Gasteiger partial charge in [0, 0.05) is 33.1 Å². The molecule has 1 aromatic heterocycles. The Morgan fingerprint density at radius 3 is 2.62 bits per heavy atom. The number of piperidine rings is 1. The van der Waals surface area contributed by atoms with Crippen LogP contribution in [0.1, 0.15) is 31.7 Å². The second kappa shape index (κ2) is 10.4. The van der Waals surface area contributed by atoms with E-state index in [1.54, 1.807) is 24.9 Å². The SMILES string of the molecule is CCOC(=O)C1CCN(C(=O)CN(C)C(=O)CCn2cnc3c(C)cccc3c2=O)CC1. The molecule has 2 aromatic rings. The molecule has 1 fully saturated rings. The number of carbonyl (C=O) groups is 3. The summed E-state index contributed by atoms with van der Waals surface area (Å²) < 4.78 is 6.48. The standard InChI is InChI=1S/C23H30N4O5/c1-4-32-23(31)17-8-11-26(12-9-17)20(29)14-25(3)19(28)10-13-27-15-24-21-16(2)6-5-7-18(21)22(27)30/h5-7,15,17H,4,8-14H2,1-3H3. The van der Waals surface area contributed by atoms with E-state index in [1.165, 1.54) is 15.8 Å². The van der Waals surface area contributed by atoms with Crippen molar-refractivity contribution >= 4 is 28.7 Å². The van der Waals surface area contributed by atoms with Gasteiger partial charge in [-0.2, -0.15) is 0 Å². The van der Waals surface area contributed by atoms with Crippen LogP contribution in [0.2, 0.25) is 0 Å². The van der Waals surface area contributed by atoms with E-state index < -0.39 is 0 Å². The lowest BCUT2D eigenvalue weighted by atomic mass is 9.97. The fourth-order valence-corrected chi connectivity index (χ4v) is 3.92. The number of amides is 2. The third kappa shape index (κ3) is 5.33. The van der Waals surface area contributed by atoms with Crippen molar-refractivity contribution in [2.24, 2.45) is 5.92 Å². The molecule has 3 rings (SSSR count). The number of para-hydroxylation sites is 1. The summed E-state index contributed by atoms with van der Waals surface area (Å²) in [5.74, 6) is -0.754. The zero-order valence-corrected chi connectivity index (χ0v) is 18.9. The second-order valence-electron chi connectivity index (χ2n) is 8.12. The molecule has 0 bridgehead atoms. The molecule has 0 spiro atoms. The summed E-state index contributed by atoms with van der Waals surface area (Å²) in [6.07, 6.45) is 2.69. The van der Waals surface area contributed by atoms with Gasteiger partial charge in [-0.1, -0.05) is 12.1 Å². The molecule has 2 amide bonds. The molecule has 172 valence electrons. The minimum atomic E-state index is -0.226. The van der Waals surface area contributed by atoms with Crippen molar-refractivity contribution in [1.82, 2.24) is 19.4 Å². The van der Waals surface area contributed by atoms with Crippen molar-refractivity contribution in [3.8, 4) is 0 Å². The topological polar surface area (TPSA) is 102 Å². The van der Waals surface area contributed by atoms with E-state index in [-0.39, 0.29) is 48.8 Å². The maximum atomic E-state index is 12.7. The predicted octanol–water partition coefficient (Wildman–Crippen LogP) is 1.36. The largest absolute Gasteiger partial charge is 0.466 e. The molecule has 2 heterocycles. The number of fused-ring (bicyclic) bond motifs is 1. The summed E-state index contributed by atoms with van der Waals surface area (Å²) in [6.45, 7) is 5.13. The summed E-state index contributed by atoms with van der Waals surface area (Å²) in [7, 11) is 1.58. The smallest absolute Gasteiger partial charge is 0.309 e. The van der Waals surface area contributed by atoms with Gasteiger partial charge < -0.3 is 14.5 Å². The normalized spacial score (nSPS) is 14.4. The van der Waals surface area contributed by atoms with Crippen LogP contribution >= 0.6 is 0 Å². The molecule has 0 atom stereocenters. The van der Waals surface area contributed by atoms with Crippen LogP contribution in [0.15, 0.2) is 29.3 Å². The molecule has 1 saturated heterocycles. The summed E-state index contributed by atoms with van der Waals surface area (Å²) in [6, 6.07) is 5.44. The summed E-state index contributed by atoms with van der Waals surface area (Å²) in [4.78, 5) is 57.0. The van der Waals surface area contributed by atoms with Gasteiger partial charge >= 0.3 is 5.97 Å². The average Bonchev–Trinajstić information content (AvgIpc) is 2.79. The summed E-state index contributed by atoms with van der Waals surface area (Å²) in [5.41, 5.74) is 1.40. The number of hydrogen-bond donors (Lipinski definition) is 0. The van der Waals surface area contributed by atoms with Gasteiger partial charge in [-0.15, -0.1) is 0 Å². The summed E-state index contributed by atoms with van der Waals surface area (Å²) >= 11 is 0. The fourth-order valence-electron chi connectivity index (χ4n) is 3.92. The van der Waals surface area contributed by atoms with Crippen LogP contribution in [0.3, 0.4) is 0 Å². The molecule has 9 heteroatoms. The van der Waals surface area contributed by atoms with Gasteiger partial charge in [0.05, 0.1) is 36.3 Å². The fraction of sp³-hybridized carbons (Fsp3) is 0.522. The molecule has 0 aliphatic carbocycles. The number of carbonyl (C=O) groups excluding carboxylic acids is 3. The maximum Gasteiger partial charge on any atom is 0.309 e. The quantitative estimate of drug-likeness (QED) is 0.600. The van der Waals surface area contributed by atoms with E-state index in [1.807, 2.05) is 19.1 Å². The molecule has 1 aliphatic heterocycles.